The molecule has 4 heteroatoms. The fourth-order valence-electron chi connectivity index (χ4n) is 1.64. The molecule has 0 aromatic heterocycles. The highest BCUT2D eigenvalue weighted by Crippen LogP contribution is 2.27. The minimum atomic E-state index is -0.138. The van der Waals surface area contributed by atoms with Gasteiger partial charge < -0.3 is 11.1 Å². The molecule has 0 radical (unpaired) electrons. The second kappa shape index (κ2) is 5.56. The van der Waals surface area contributed by atoms with Gasteiger partial charge in [-0.05, 0) is 17.7 Å². The van der Waals surface area contributed by atoms with Crippen molar-refractivity contribution in [3.8, 4) is 0 Å². The standard InChI is InChI=1S/C14H13ClN2O/c15-11-7-4-8-12(16)14(11)17-13(18)9-10-5-2-1-3-6-10/h1-8H,9,16H2,(H,17,18). The summed E-state index contributed by atoms with van der Waals surface area (Å²) in [6, 6.07) is 14.6. The highest BCUT2D eigenvalue weighted by molar-refractivity contribution is 6.34. The van der Waals surface area contributed by atoms with E-state index in [1.165, 1.54) is 0 Å². The van der Waals surface area contributed by atoms with Crippen molar-refractivity contribution in [3.05, 3.63) is 59.1 Å². The number of anilines is 2. The number of nitrogens with one attached hydrogen (secondary N) is 1. The number of nitrogens with two attached hydrogens (primary N) is 1. The summed E-state index contributed by atoms with van der Waals surface area (Å²) in [4.78, 5) is 11.9. The highest BCUT2D eigenvalue weighted by Gasteiger charge is 2.09. The minimum absolute atomic E-state index is 0.138. The Hall–Kier alpha value is -2.00. The van der Waals surface area contributed by atoms with Crippen LogP contribution in [0.2, 0.25) is 5.02 Å². The van der Waals surface area contributed by atoms with E-state index in [4.69, 9.17) is 17.3 Å². The number of nitrogen functional groups attached to an aromatic ring is 1. The topological polar surface area (TPSA) is 55.1 Å². The maximum absolute atomic E-state index is 11.9. The maximum Gasteiger partial charge on any atom is 0.228 e. The van der Waals surface area contributed by atoms with E-state index in [0.29, 0.717) is 22.8 Å². The van der Waals surface area contributed by atoms with Crippen molar-refractivity contribution in [2.24, 2.45) is 0 Å². The predicted molar refractivity (Wildman–Crippen MR) is 74.6 cm³/mol. The van der Waals surface area contributed by atoms with Gasteiger partial charge in [-0.15, -0.1) is 0 Å². The van der Waals surface area contributed by atoms with Crippen molar-refractivity contribution in [1.82, 2.24) is 0 Å². The molecule has 0 saturated carbocycles. The van der Waals surface area contributed by atoms with Crippen LogP contribution in [-0.4, -0.2) is 5.91 Å². The van der Waals surface area contributed by atoms with E-state index in [9.17, 15) is 4.79 Å². The largest absolute Gasteiger partial charge is 0.397 e. The second-order valence-electron chi connectivity index (χ2n) is 3.91. The van der Waals surface area contributed by atoms with Crippen LogP contribution in [0.1, 0.15) is 5.56 Å². The maximum atomic E-state index is 11.9. The zero-order chi connectivity index (χ0) is 13.0. The van der Waals surface area contributed by atoms with E-state index in [1.54, 1.807) is 18.2 Å². The lowest BCUT2D eigenvalue weighted by Crippen LogP contribution is -2.15. The first-order valence-corrected chi connectivity index (χ1v) is 5.92. The zero-order valence-electron chi connectivity index (χ0n) is 9.69. The van der Waals surface area contributed by atoms with Crippen LogP contribution in [0.3, 0.4) is 0 Å². The first-order valence-electron chi connectivity index (χ1n) is 5.54. The Kier molecular flexibility index (Phi) is 3.85. The van der Waals surface area contributed by atoms with Crippen LogP contribution in [-0.2, 0) is 11.2 Å². The van der Waals surface area contributed by atoms with Crippen LogP contribution in [0.25, 0.3) is 0 Å². The van der Waals surface area contributed by atoms with E-state index in [-0.39, 0.29) is 5.91 Å². The van der Waals surface area contributed by atoms with Gasteiger partial charge in [-0.3, -0.25) is 4.79 Å². The minimum Gasteiger partial charge on any atom is -0.397 e. The fraction of sp³-hybridized carbons (Fsp3) is 0.0714. The highest BCUT2D eigenvalue weighted by atomic mass is 35.5. The molecule has 92 valence electrons. The molecule has 0 aliphatic carbocycles. The second-order valence-corrected chi connectivity index (χ2v) is 4.32. The van der Waals surface area contributed by atoms with Crippen molar-refractivity contribution >= 4 is 28.9 Å². The first kappa shape index (κ1) is 12.5. The SMILES string of the molecule is Nc1cccc(Cl)c1NC(=O)Cc1ccccc1. The zero-order valence-corrected chi connectivity index (χ0v) is 10.4. The average Bonchev–Trinajstić information content (AvgIpc) is 2.35. The molecule has 2 rings (SSSR count). The first-order chi connectivity index (χ1) is 8.66. The molecule has 0 bridgehead atoms. The van der Waals surface area contributed by atoms with Crippen LogP contribution < -0.4 is 11.1 Å². The Balaban J connectivity index is 2.08. The quantitative estimate of drug-likeness (QED) is 0.833. The van der Waals surface area contributed by atoms with Crippen LogP contribution >= 0.6 is 11.6 Å². The lowest BCUT2D eigenvalue weighted by molar-refractivity contribution is -0.115. The molecule has 0 atom stereocenters. The third kappa shape index (κ3) is 3.02. The normalized spacial score (nSPS) is 10.1. The van der Waals surface area contributed by atoms with Crippen molar-refractivity contribution in [2.75, 3.05) is 11.1 Å². The summed E-state index contributed by atoms with van der Waals surface area (Å²) in [6.45, 7) is 0. The summed E-state index contributed by atoms with van der Waals surface area (Å²) in [7, 11) is 0. The van der Waals surface area contributed by atoms with Gasteiger partial charge in [0.25, 0.3) is 0 Å². The number of halogens is 1. The van der Waals surface area contributed by atoms with Crippen LogP contribution in [0, 0.1) is 0 Å². The number of hydrogen-bond acceptors (Lipinski definition) is 2. The lowest BCUT2D eigenvalue weighted by atomic mass is 10.1. The Morgan fingerprint density at radius 2 is 1.83 bits per heavy atom. The molecule has 18 heavy (non-hydrogen) atoms. The van der Waals surface area contributed by atoms with Crippen LogP contribution in [0.4, 0.5) is 11.4 Å². The van der Waals surface area contributed by atoms with Gasteiger partial charge in [0, 0.05) is 0 Å². The molecule has 0 unspecified atom stereocenters. The summed E-state index contributed by atoms with van der Waals surface area (Å²) in [6.07, 6.45) is 0.297. The van der Waals surface area contributed by atoms with Gasteiger partial charge in [-0.25, -0.2) is 0 Å². The number of para-hydroxylation sites is 1. The van der Waals surface area contributed by atoms with Crippen LogP contribution in [0.15, 0.2) is 48.5 Å². The molecule has 3 N–H and O–H groups in total. The van der Waals surface area contributed by atoms with E-state index in [1.807, 2.05) is 30.3 Å². The number of rotatable bonds is 3. The molecule has 0 saturated heterocycles. The molecule has 0 aliphatic rings. The summed E-state index contributed by atoms with van der Waals surface area (Å²) in [5.74, 6) is -0.138. The molecule has 0 fully saturated rings. The van der Waals surface area contributed by atoms with Crippen molar-refractivity contribution in [3.63, 3.8) is 0 Å². The van der Waals surface area contributed by atoms with Crippen molar-refractivity contribution in [1.29, 1.82) is 0 Å². The van der Waals surface area contributed by atoms with Gasteiger partial charge in [-0.1, -0.05) is 48.0 Å². The van der Waals surface area contributed by atoms with Gasteiger partial charge in [0.15, 0.2) is 0 Å². The molecule has 1 amide bonds. The van der Waals surface area contributed by atoms with Gasteiger partial charge >= 0.3 is 0 Å². The van der Waals surface area contributed by atoms with E-state index >= 15 is 0 Å². The van der Waals surface area contributed by atoms with Crippen molar-refractivity contribution < 1.29 is 4.79 Å². The Bertz CT molecular complexity index is 535. The molecule has 0 spiro atoms. The summed E-state index contributed by atoms with van der Waals surface area (Å²) in [5, 5.41) is 3.17. The number of carbonyl (C=O) groups is 1. The van der Waals surface area contributed by atoms with Gasteiger partial charge in [0.1, 0.15) is 0 Å². The molecular formula is C14H13ClN2O. The summed E-state index contributed by atoms with van der Waals surface area (Å²) >= 11 is 5.98. The Labute approximate surface area is 111 Å². The third-order valence-corrected chi connectivity index (χ3v) is 2.83. The summed E-state index contributed by atoms with van der Waals surface area (Å²) < 4.78 is 0. The average molecular weight is 261 g/mol. The molecule has 0 aliphatic heterocycles. The number of hydrogen-bond donors (Lipinski definition) is 2. The number of benzene rings is 2. The Morgan fingerprint density at radius 1 is 1.11 bits per heavy atom. The predicted octanol–water partition coefficient (Wildman–Crippen LogP) is 3.10. The van der Waals surface area contributed by atoms with Crippen LogP contribution in [0.5, 0.6) is 0 Å². The molecule has 3 nitrogen and oxygen atoms in total. The Morgan fingerprint density at radius 3 is 2.50 bits per heavy atom. The van der Waals surface area contributed by atoms with Gasteiger partial charge in [0.2, 0.25) is 5.91 Å². The number of carbonyl (C=O) groups excluding carboxylic acids is 1. The van der Waals surface area contributed by atoms with E-state index in [2.05, 4.69) is 5.32 Å². The fourth-order valence-corrected chi connectivity index (χ4v) is 1.87. The third-order valence-electron chi connectivity index (χ3n) is 2.52. The lowest BCUT2D eigenvalue weighted by Gasteiger charge is -2.09. The van der Waals surface area contributed by atoms with Gasteiger partial charge in [0.05, 0.1) is 22.8 Å². The molecule has 2 aromatic carbocycles. The molecule has 2 aromatic rings. The molecule has 0 heterocycles. The smallest absolute Gasteiger partial charge is 0.228 e. The summed E-state index contributed by atoms with van der Waals surface area (Å²) in [5.41, 5.74) is 7.64. The monoisotopic (exact) mass is 260 g/mol. The molecular weight excluding hydrogens is 248 g/mol. The number of amides is 1. The van der Waals surface area contributed by atoms with E-state index < -0.39 is 0 Å². The van der Waals surface area contributed by atoms with Crippen molar-refractivity contribution in [2.45, 2.75) is 6.42 Å². The van der Waals surface area contributed by atoms with Gasteiger partial charge in [-0.2, -0.15) is 0 Å². The van der Waals surface area contributed by atoms with E-state index in [0.717, 1.165) is 5.56 Å².